The van der Waals surface area contributed by atoms with Gasteiger partial charge in [-0.2, -0.15) is 0 Å². The lowest BCUT2D eigenvalue weighted by atomic mass is 10.1. The summed E-state index contributed by atoms with van der Waals surface area (Å²) < 4.78 is 23.1. The quantitative estimate of drug-likeness (QED) is 0.528. The molecule has 0 aliphatic carbocycles. The average molecular weight is 417 g/mol. The number of aliphatic hydroxyl groups is 1. The topological polar surface area (TPSA) is 57.2 Å². The summed E-state index contributed by atoms with van der Waals surface area (Å²) in [6, 6.07) is 12.4. The van der Waals surface area contributed by atoms with Crippen LogP contribution in [0.5, 0.6) is 11.5 Å². The monoisotopic (exact) mass is 416 g/mol. The van der Waals surface area contributed by atoms with E-state index in [0.29, 0.717) is 13.2 Å². The van der Waals surface area contributed by atoms with Gasteiger partial charge in [-0.1, -0.05) is 26.0 Å². The summed E-state index contributed by atoms with van der Waals surface area (Å²) in [7, 11) is 1.63. The molecule has 0 radical (unpaired) electrons. The molecule has 0 spiro atoms. The van der Waals surface area contributed by atoms with Crippen LogP contribution in [0.2, 0.25) is 0 Å². The first-order valence-electron chi connectivity index (χ1n) is 10.7. The van der Waals surface area contributed by atoms with Crippen molar-refractivity contribution in [2.45, 2.75) is 52.7 Å². The number of methoxy groups -OCH3 is 1. The zero-order valence-corrected chi connectivity index (χ0v) is 18.9. The van der Waals surface area contributed by atoms with Gasteiger partial charge < -0.3 is 24.1 Å². The van der Waals surface area contributed by atoms with Gasteiger partial charge >= 0.3 is 0 Å². The van der Waals surface area contributed by atoms with Crippen molar-refractivity contribution in [3.63, 3.8) is 0 Å². The normalized spacial score (nSPS) is 13.1. The van der Waals surface area contributed by atoms with Crippen molar-refractivity contribution in [1.29, 1.82) is 0 Å². The van der Waals surface area contributed by atoms with E-state index in [2.05, 4.69) is 39.0 Å². The van der Waals surface area contributed by atoms with Crippen molar-refractivity contribution >= 4 is 0 Å². The highest BCUT2D eigenvalue weighted by atomic mass is 16.6. The summed E-state index contributed by atoms with van der Waals surface area (Å²) in [5.74, 6) is 1.63. The molecule has 1 N–H and O–H groups in total. The number of aliphatic hydroxyl groups excluding tert-OH is 1. The lowest BCUT2D eigenvalue weighted by molar-refractivity contribution is -0.0691. The molecule has 2 aromatic rings. The number of aryl methyl sites for hydroxylation is 4. The van der Waals surface area contributed by atoms with Crippen LogP contribution >= 0.6 is 0 Å². The van der Waals surface area contributed by atoms with E-state index in [9.17, 15) is 5.11 Å². The van der Waals surface area contributed by atoms with Crippen molar-refractivity contribution in [1.82, 2.24) is 0 Å². The van der Waals surface area contributed by atoms with Gasteiger partial charge in [0.1, 0.15) is 36.9 Å². The number of rotatable bonds is 13. The molecule has 0 aliphatic rings. The summed E-state index contributed by atoms with van der Waals surface area (Å²) >= 11 is 0. The summed E-state index contributed by atoms with van der Waals surface area (Å²) in [6.07, 6.45) is 1.25. The highest BCUT2D eigenvalue weighted by molar-refractivity contribution is 5.34. The minimum absolute atomic E-state index is 0.124. The smallest absolute Gasteiger partial charge is 0.119 e. The second-order valence-electron chi connectivity index (χ2n) is 7.63. The fourth-order valence-electron chi connectivity index (χ4n) is 3.18. The molecule has 30 heavy (non-hydrogen) atoms. The minimum Gasteiger partial charge on any atom is -0.491 e. The summed E-state index contributed by atoms with van der Waals surface area (Å²) in [6.45, 7) is 9.19. The van der Waals surface area contributed by atoms with E-state index in [1.807, 2.05) is 25.1 Å². The number of benzene rings is 2. The fraction of sp³-hybridized carbons (Fsp3) is 0.520. The Balaban J connectivity index is 1.83. The Hall–Kier alpha value is -2.08. The van der Waals surface area contributed by atoms with E-state index in [0.717, 1.165) is 29.9 Å². The third-order valence-corrected chi connectivity index (χ3v) is 4.96. The largest absolute Gasteiger partial charge is 0.491 e. The maximum absolute atomic E-state index is 9.66. The van der Waals surface area contributed by atoms with E-state index in [-0.39, 0.29) is 19.3 Å². The van der Waals surface area contributed by atoms with Gasteiger partial charge in [0.05, 0.1) is 13.2 Å². The molecule has 0 bridgehead atoms. The Morgan fingerprint density at radius 1 is 0.733 bits per heavy atom. The average Bonchev–Trinajstić information content (AvgIpc) is 2.74. The SMILES string of the molecule is CCc1cc(C)cc(OCC(COC(CO)COc2cc(C)cc(CC)c2)OC)c1. The van der Waals surface area contributed by atoms with Gasteiger partial charge in [-0.15, -0.1) is 0 Å². The molecule has 2 aromatic carbocycles. The zero-order valence-electron chi connectivity index (χ0n) is 18.9. The fourth-order valence-corrected chi connectivity index (χ4v) is 3.18. The van der Waals surface area contributed by atoms with Crippen LogP contribution in [0.3, 0.4) is 0 Å². The predicted molar refractivity (Wildman–Crippen MR) is 120 cm³/mol. The van der Waals surface area contributed by atoms with Crippen molar-refractivity contribution in [3.05, 3.63) is 58.7 Å². The number of ether oxygens (including phenoxy) is 4. The third-order valence-electron chi connectivity index (χ3n) is 4.96. The van der Waals surface area contributed by atoms with Gasteiger partial charge in [-0.3, -0.25) is 0 Å². The molecule has 0 saturated carbocycles. The van der Waals surface area contributed by atoms with Crippen LogP contribution < -0.4 is 9.47 Å². The van der Waals surface area contributed by atoms with E-state index < -0.39 is 6.10 Å². The highest BCUT2D eigenvalue weighted by Gasteiger charge is 2.15. The molecular formula is C25H36O5. The predicted octanol–water partition coefficient (Wildman–Crippen LogP) is 4.28. The molecule has 0 aliphatic heterocycles. The van der Waals surface area contributed by atoms with Crippen LogP contribution in [-0.2, 0) is 22.3 Å². The van der Waals surface area contributed by atoms with Gasteiger partial charge in [0.2, 0.25) is 0 Å². The van der Waals surface area contributed by atoms with Gasteiger partial charge in [-0.25, -0.2) is 0 Å². The Morgan fingerprint density at radius 2 is 1.23 bits per heavy atom. The minimum atomic E-state index is -0.432. The van der Waals surface area contributed by atoms with Crippen LogP contribution in [-0.4, -0.2) is 50.9 Å². The van der Waals surface area contributed by atoms with Crippen LogP contribution in [0, 0.1) is 13.8 Å². The molecule has 2 atom stereocenters. The second-order valence-corrected chi connectivity index (χ2v) is 7.63. The molecule has 0 heterocycles. The Labute approximate surface area is 180 Å². The Morgan fingerprint density at radius 3 is 1.67 bits per heavy atom. The van der Waals surface area contributed by atoms with E-state index in [1.165, 1.54) is 16.7 Å². The van der Waals surface area contributed by atoms with Crippen molar-refractivity contribution < 1.29 is 24.1 Å². The van der Waals surface area contributed by atoms with Gasteiger partial charge in [0.15, 0.2) is 0 Å². The number of hydrogen-bond acceptors (Lipinski definition) is 5. The maximum Gasteiger partial charge on any atom is 0.119 e. The third kappa shape index (κ3) is 7.98. The van der Waals surface area contributed by atoms with E-state index in [4.69, 9.17) is 18.9 Å². The van der Waals surface area contributed by atoms with Crippen molar-refractivity contribution in [2.24, 2.45) is 0 Å². The van der Waals surface area contributed by atoms with Crippen molar-refractivity contribution in [3.8, 4) is 11.5 Å². The molecule has 5 heteroatoms. The Kier molecular flexibility index (Phi) is 10.1. The van der Waals surface area contributed by atoms with Crippen LogP contribution in [0.1, 0.15) is 36.1 Å². The van der Waals surface area contributed by atoms with Gasteiger partial charge in [0.25, 0.3) is 0 Å². The first-order chi connectivity index (χ1) is 14.5. The molecule has 0 amide bonds. The van der Waals surface area contributed by atoms with Crippen LogP contribution in [0.4, 0.5) is 0 Å². The highest BCUT2D eigenvalue weighted by Crippen LogP contribution is 2.19. The number of hydrogen-bond donors (Lipinski definition) is 1. The second kappa shape index (κ2) is 12.6. The molecule has 2 rings (SSSR count). The molecule has 166 valence electrons. The van der Waals surface area contributed by atoms with Crippen molar-refractivity contribution in [2.75, 3.05) is 33.5 Å². The Bertz CT molecular complexity index is 709. The lowest BCUT2D eigenvalue weighted by Gasteiger charge is -2.21. The van der Waals surface area contributed by atoms with Gasteiger partial charge in [-0.05, 0) is 73.2 Å². The summed E-state index contributed by atoms with van der Waals surface area (Å²) in [5.41, 5.74) is 4.81. The summed E-state index contributed by atoms with van der Waals surface area (Å²) in [5, 5.41) is 9.66. The van der Waals surface area contributed by atoms with Gasteiger partial charge in [0, 0.05) is 7.11 Å². The first-order valence-corrected chi connectivity index (χ1v) is 10.7. The molecule has 2 unspecified atom stereocenters. The van der Waals surface area contributed by atoms with E-state index >= 15 is 0 Å². The maximum atomic E-state index is 9.66. The summed E-state index contributed by atoms with van der Waals surface area (Å²) in [4.78, 5) is 0. The zero-order chi connectivity index (χ0) is 21.9. The molecule has 0 saturated heterocycles. The van der Waals surface area contributed by atoms with Crippen LogP contribution in [0.25, 0.3) is 0 Å². The first kappa shape index (κ1) is 24.2. The molecular weight excluding hydrogens is 380 g/mol. The molecule has 5 nitrogen and oxygen atoms in total. The van der Waals surface area contributed by atoms with Crippen LogP contribution in [0.15, 0.2) is 36.4 Å². The molecule has 0 aromatic heterocycles. The van der Waals surface area contributed by atoms with E-state index in [1.54, 1.807) is 7.11 Å². The lowest BCUT2D eigenvalue weighted by Crippen LogP contribution is -2.33. The standard InChI is InChI=1S/C25H36O5/c1-6-20-8-18(3)10-22(12-20)28-15-24(14-26)30-17-25(27-5)16-29-23-11-19(4)9-21(7-2)13-23/h8-13,24-26H,6-7,14-17H2,1-5H3. The molecule has 0 fully saturated rings.